The molecule has 0 amide bonds. The van der Waals surface area contributed by atoms with Crippen LogP contribution in [0.2, 0.25) is 10.0 Å². The first-order valence-corrected chi connectivity index (χ1v) is 9.89. The Labute approximate surface area is 165 Å². The predicted molar refractivity (Wildman–Crippen MR) is 106 cm³/mol. The second-order valence-corrected chi connectivity index (χ2v) is 8.07. The molecule has 25 heavy (non-hydrogen) atoms. The third kappa shape index (κ3) is 4.53. The highest BCUT2D eigenvalue weighted by molar-refractivity contribution is 8.05. The van der Waals surface area contributed by atoms with E-state index in [2.05, 4.69) is 22.5 Å². The van der Waals surface area contributed by atoms with E-state index in [4.69, 9.17) is 23.2 Å². The zero-order valence-corrected chi connectivity index (χ0v) is 16.1. The van der Waals surface area contributed by atoms with Crippen molar-refractivity contribution in [3.8, 4) is 5.40 Å². The van der Waals surface area contributed by atoms with Gasteiger partial charge in [-0.25, -0.2) is 4.98 Å². The summed E-state index contributed by atoms with van der Waals surface area (Å²) in [5.41, 5.74) is 1.13. The maximum absolute atomic E-state index is 9.31. The highest BCUT2D eigenvalue weighted by Crippen LogP contribution is 2.48. The first-order chi connectivity index (χ1) is 12.2. The van der Waals surface area contributed by atoms with Gasteiger partial charge in [-0.1, -0.05) is 53.5 Å². The van der Waals surface area contributed by atoms with Crippen LogP contribution in [0, 0.1) is 10.7 Å². The Morgan fingerprint density at radius 1 is 1.08 bits per heavy atom. The van der Waals surface area contributed by atoms with Gasteiger partial charge in [0.15, 0.2) is 0 Å². The lowest BCUT2D eigenvalue weighted by molar-refractivity contribution is 0.664. The van der Waals surface area contributed by atoms with Gasteiger partial charge < -0.3 is 4.57 Å². The number of nitrogens with zero attached hydrogens (tertiary/aromatic N) is 3. The number of rotatable bonds is 6. The number of nitriles is 1. The molecule has 1 heterocycles. The van der Waals surface area contributed by atoms with Crippen LogP contribution in [-0.2, 0) is 0 Å². The third-order valence-corrected chi connectivity index (χ3v) is 6.62. The molecule has 3 rings (SSSR count). The zero-order valence-electron chi connectivity index (χ0n) is 12.9. The van der Waals surface area contributed by atoms with Crippen molar-refractivity contribution in [2.45, 2.75) is 15.5 Å². The highest BCUT2D eigenvalue weighted by Gasteiger charge is 2.27. The number of hydrogen-bond donors (Lipinski definition) is 0. The lowest BCUT2D eigenvalue weighted by Gasteiger charge is -2.26. The Morgan fingerprint density at radius 3 is 2.52 bits per heavy atom. The average Bonchev–Trinajstić information content (AvgIpc) is 3.16. The average molecular weight is 406 g/mol. The molecule has 2 atom stereocenters. The van der Waals surface area contributed by atoms with Crippen LogP contribution >= 0.6 is 46.7 Å². The lowest BCUT2D eigenvalue weighted by atomic mass is 10.1. The molecule has 0 aliphatic heterocycles. The number of hydrogen-bond acceptors (Lipinski definition) is 4. The fraction of sp³-hybridized carbons (Fsp3) is 0.111. The Morgan fingerprint density at radius 2 is 1.88 bits per heavy atom. The van der Waals surface area contributed by atoms with Crippen molar-refractivity contribution in [2.75, 3.05) is 0 Å². The quantitative estimate of drug-likeness (QED) is 0.349. The van der Waals surface area contributed by atoms with E-state index in [1.54, 1.807) is 30.4 Å². The monoisotopic (exact) mass is 405 g/mol. The summed E-state index contributed by atoms with van der Waals surface area (Å²) in [5.74, 6) is 0. The maximum Gasteiger partial charge on any atom is 0.135 e. The Hall–Kier alpha value is -1.58. The van der Waals surface area contributed by atoms with Gasteiger partial charge in [-0.2, -0.15) is 5.26 Å². The minimum absolute atomic E-state index is 0.00251. The molecule has 7 heteroatoms. The molecule has 3 aromatic rings. The summed E-state index contributed by atoms with van der Waals surface area (Å²) < 4.78 is 1.95. The van der Waals surface area contributed by atoms with Crippen LogP contribution in [0.3, 0.4) is 0 Å². The SMILES string of the molecule is N#CSC(C(Sc1ccc(Cl)c(Cl)c1)c1ccccc1)n1ccnc1. The predicted octanol–water partition coefficient (Wildman–Crippen LogP) is 6.44. The van der Waals surface area contributed by atoms with E-state index in [0.717, 1.165) is 10.5 Å². The summed E-state index contributed by atoms with van der Waals surface area (Å²) in [4.78, 5) is 5.12. The van der Waals surface area contributed by atoms with Crippen LogP contribution in [0.25, 0.3) is 0 Å². The van der Waals surface area contributed by atoms with Crippen LogP contribution in [0.5, 0.6) is 0 Å². The summed E-state index contributed by atoms with van der Waals surface area (Å²) in [6, 6.07) is 15.7. The third-order valence-electron chi connectivity index (χ3n) is 3.53. The van der Waals surface area contributed by atoms with Crippen LogP contribution < -0.4 is 0 Å². The zero-order chi connectivity index (χ0) is 17.6. The summed E-state index contributed by atoms with van der Waals surface area (Å²) in [6.45, 7) is 0. The molecule has 0 aliphatic carbocycles. The molecule has 126 valence electrons. The van der Waals surface area contributed by atoms with Gasteiger partial charge in [0.2, 0.25) is 0 Å². The van der Waals surface area contributed by atoms with E-state index in [-0.39, 0.29) is 10.6 Å². The molecule has 0 fully saturated rings. The summed E-state index contributed by atoms with van der Waals surface area (Å²) in [6.07, 6.45) is 5.33. The van der Waals surface area contributed by atoms with Gasteiger partial charge in [-0.3, -0.25) is 0 Å². The van der Waals surface area contributed by atoms with Crippen molar-refractivity contribution in [1.29, 1.82) is 5.26 Å². The Kier molecular flexibility index (Phi) is 6.33. The molecular weight excluding hydrogens is 393 g/mol. The van der Waals surface area contributed by atoms with Gasteiger partial charge >= 0.3 is 0 Å². The summed E-state index contributed by atoms with van der Waals surface area (Å²) >= 11 is 15.1. The number of thiocyanates is 1. The van der Waals surface area contributed by atoms with Gasteiger partial charge in [-0.15, -0.1) is 11.8 Å². The molecule has 1 aromatic heterocycles. The van der Waals surface area contributed by atoms with Crippen LogP contribution in [0.1, 0.15) is 16.2 Å². The van der Waals surface area contributed by atoms with E-state index < -0.39 is 0 Å². The summed E-state index contributed by atoms with van der Waals surface area (Å²) in [7, 11) is 0. The number of thioether (sulfide) groups is 2. The molecule has 0 bridgehead atoms. The molecule has 3 nitrogen and oxygen atoms in total. The molecular formula is C18H13Cl2N3S2. The normalized spacial score (nSPS) is 13.2. The van der Waals surface area contributed by atoms with Crippen molar-refractivity contribution in [2.24, 2.45) is 0 Å². The second kappa shape index (κ2) is 8.68. The van der Waals surface area contributed by atoms with Crippen molar-refractivity contribution in [3.05, 3.63) is 82.9 Å². The van der Waals surface area contributed by atoms with E-state index in [9.17, 15) is 5.26 Å². The Balaban J connectivity index is 2.00. The van der Waals surface area contributed by atoms with Crippen LogP contribution in [0.15, 0.2) is 72.1 Å². The maximum atomic E-state index is 9.31. The molecule has 2 unspecified atom stereocenters. The molecule has 0 aliphatic rings. The van der Waals surface area contributed by atoms with Crippen molar-refractivity contribution in [1.82, 2.24) is 9.55 Å². The number of aromatic nitrogens is 2. The van der Waals surface area contributed by atoms with Crippen LogP contribution in [-0.4, -0.2) is 9.55 Å². The second-order valence-electron chi connectivity index (χ2n) is 5.13. The number of imidazole rings is 1. The van der Waals surface area contributed by atoms with Crippen LogP contribution in [0.4, 0.5) is 0 Å². The molecule has 0 spiro atoms. The Bertz CT molecular complexity index is 864. The molecule has 0 radical (unpaired) electrons. The van der Waals surface area contributed by atoms with Gasteiger partial charge in [0.25, 0.3) is 0 Å². The molecule has 2 aromatic carbocycles. The lowest BCUT2D eigenvalue weighted by Crippen LogP contribution is -2.11. The largest absolute Gasteiger partial charge is 0.322 e. The minimum Gasteiger partial charge on any atom is -0.322 e. The van der Waals surface area contributed by atoms with Gasteiger partial charge in [0.1, 0.15) is 10.8 Å². The van der Waals surface area contributed by atoms with E-state index in [1.807, 2.05) is 41.1 Å². The highest BCUT2D eigenvalue weighted by atomic mass is 35.5. The van der Waals surface area contributed by atoms with Crippen molar-refractivity contribution >= 4 is 46.7 Å². The number of benzene rings is 2. The first-order valence-electron chi connectivity index (χ1n) is 7.38. The number of halogens is 2. The molecule has 0 saturated heterocycles. The summed E-state index contributed by atoms with van der Waals surface area (Å²) in [5, 5.41) is 12.4. The van der Waals surface area contributed by atoms with Gasteiger partial charge in [0.05, 0.1) is 21.6 Å². The van der Waals surface area contributed by atoms with E-state index in [1.165, 1.54) is 11.8 Å². The van der Waals surface area contributed by atoms with E-state index >= 15 is 0 Å². The standard InChI is InChI=1S/C18H13Cl2N3S2/c19-15-7-6-14(10-16(15)20)25-17(13-4-2-1-3-5-13)18(24-11-21)23-9-8-22-12-23/h1-10,12,17-18H. The fourth-order valence-electron chi connectivity index (χ4n) is 2.38. The molecule has 0 N–H and O–H groups in total. The smallest absolute Gasteiger partial charge is 0.135 e. The topological polar surface area (TPSA) is 41.6 Å². The van der Waals surface area contributed by atoms with Gasteiger partial charge in [0, 0.05) is 17.3 Å². The van der Waals surface area contributed by atoms with Crippen molar-refractivity contribution in [3.63, 3.8) is 0 Å². The van der Waals surface area contributed by atoms with E-state index in [0.29, 0.717) is 10.0 Å². The van der Waals surface area contributed by atoms with Gasteiger partial charge in [-0.05, 0) is 35.5 Å². The fourth-order valence-corrected chi connectivity index (χ4v) is 4.89. The minimum atomic E-state index is -0.130. The van der Waals surface area contributed by atoms with Crippen molar-refractivity contribution < 1.29 is 0 Å². The first kappa shape index (κ1) is 18.2. The molecule has 0 saturated carbocycles.